The second-order valence-electron chi connectivity index (χ2n) is 9.11. The summed E-state index contributed by atoms with van der Waals surface area (Å²) in [6.07, 6.45) is 3.69. The maximum Gasteiger partial charge on any atom is 0.414 e. The highest BCUT2D eigenvalue weighted by atomic mass is 32.2. The molecule has 2 aromatic heterocycles. The number of carbonyl (C=O) groups is 1. The number of fused-ring (bicyclic) bond motifs is 1. The van der Waals surface area contributed by atoms with Gasteiger partial charge in [0.15, 0.2) is 9.84 Å². The maximum absolute atomic E-state index is 15.1. The van der Waals surface area contributed by atoms with Crippen LogP contribution in [0.25, 0.3) is 11.1 Å². The Morgan fingerprint density at radius 2 is 2.03 bits per heavy atom. The number of carbonyl (C=O) groups excluding carboxylic acids is 1. The summed E-state index contributed by atoms with van der Waals surface area (Å²) in [7, 11) is -3.10. The molecule has 10 nitrogen and oxygen atoms in total. The van der Waals surface area contributed by atoms with E-state index >= 15 is 4.39 Å². The molecule has 12 heteroatoms. The fraction of sp³-hybridized carbons (Fsp3) is 0.348. The predicted molar refractivity (Wildman–Crippen MR) is 120 cm³/mol. The number of amides is 1. The van der Waals surface area contributed by atoms with Gasteiger partial charge in [0.2, 0.25) is 0 Å². The number of hydrogen-bond acceptors (Lipinski definition) is 8. The minimum Gasteiger partial charge on any atom is -0.442 e. The normalized spacial score (nSPS) is 28.4. The van der Waals surface area contributed by atoms with Gasteiger partial charge in [-0.25, -0.2) is 22.3 Å². The molecule has 1 saturated carbocycles. The van der Waals surface area contributed by atoms with Gasteiger partial charge >= 0.3 is 6.09 Å². The summed E-state index contributed by atoms with van der Waals surface area (Å²) in [5, 5.41) is 17.4. The average molecular weight is 495 g/mol. The first-order valence-corrected chi connectivity index (χ1v) is 12.8. The van der Waals surface area contributed by atoms with E-state index < -0.39 is 33.3 Å². The van der Waals surface area contributed by atoms with Gasteiger partial charge in [0.1, 0.15) is 17.3 Å². The van der Waals surface area contributed by atoms with E-state index in [1.807, 2.05) is 0 Å². The Hall–Kier alpha value is -3.85. The number of hydrogen-bond donors (Lipinski definition) is 0. The molecule has 0 radical (unpaired) electrons. The number of rotatable bonds is 5. The van der Waals surface area contributed by atoms with E-state index in [-0.39, 0.29) is 29.9 Å². The molecule has 2 aliphatic heterocycles. The Balaban J connectivity index is 1.19. The molecule has 0 spiro atoms. The predicted octanol–water partition coefficient (Wildman–Crippen LogP) is 1.94. The Morgan fingerprint density at radius 3 is 2.66 bits per heavy atom. The zero-order valence-electron chi connectivity index (χ0n) is 18.3. The molecule has 3 aliphatic rings. The Kier molecular flexibility index (Phi) is 4.69. The highest BCUT2D eigenvalue weighted by Crippen LogP contribution is 2.63. The number of ether oxygens (including phenoxy) is 1. The van der Waals surface area contributed by atoms with Crippen LogP contribution in [0.1, 0.15) is 5.69 Å². The van der Waals surface area contributed by atoms with Gasteiger partial charge in [0.05, 0.1) is 48.2 Å². The number of halogens is 1. The standard InChI is InChI=1S/C23H19FN6O4S/c24-20-7-15(30-10-16(34-22(30)31)9-29-6-5-27-28-29)2-3-17(20)14-1-4-21(26-8-14)23(13-25)18-11-35(32,33)12-19(18)23/h1-8,16,18-19H,9-12H2/t16-,18-,19+,23?/m0/s1. The van der Waals surface area contributed by atoms with Crippen LogP contribution in [0.2, 0.25) is 0 Å². The molecule has 4 atom stereocenters. The monoisotopic (exact) mass is 494 g/mol. The molecule has 3 fully saturated rings. The van der Waals surface area contributed by atoms with Crippen molar-refractivity contribution in [2.24, 2.45) is 11.8 Å². The molecular weight excluding hydrogens is 475 g/mol. The quantitative estimate of drug-likeness (QED) is 0.526. The minimum atomic E-state index is -3.10. The smallest absolute Gasteiger partial charge is 0.414 e. The summed E-state index contributed by atoms with van der Waals surface area (Å²) < 4.78 is 45.6. The minimum absolute atomic E-state index is 0.00335. The average Bonchev–Trinajstić information content (AvgIpc) is 3.29. The van der Waals surface area contributed by atoms with Crippen molar-refractivity contribution in [2.75, 3.05) is 23.0 Å². The molecule has 1 aromatic carbocycles. The molecule has 1 unspecified atom stereocenters. The second-order valence-corrected chi connectivity index (χ2v) is 11.3. The molecular formula is C23H19FN6O4S. The van der Waals surface area contributed by atoms with Gasteiger partial charge in [0, 0.05) is 35.4 Å². The Morgan fingerprint density at radius 1 is 1.23 bits per heavy atom. The number of nitrogens with zero attached hydrogens (tertiary/aromatic N) is 6. The van der Waals surface area contributed by atoms with Crippen LogP contribution in [0.4, 0.5) is 14.9 Å². The van der Waals surface area contributed by atoms with Crippen molar-refractivity contribution in [3.63, 3.8) is 0 Å². The van der Waals surface area contributed by atoms with Crippen molar-refractivity contribution < 1.29 is 22.3 Å². The molecule has 6 rings (SSSR count). The molecule has 0 N–H and O–H groups in total. The van der Waals surface area contributed by atoms with Gasteiger partial charge in [-0.2, -0.15) is 5.26 Å². The summed E-state index contributed by atoms with van der Waals surface area (Å²) >= 11 is 0. The first kappa shape index (κ1) is 21.7. The fourth-order valence-corrected chi connectivity index (χ4v) is 7.54. The highest BCUT2D eigenvalue weighted by Gasteiger charge is 2.72. The van der Waals surface area contributed by atoms with Gasteiger partial charge in [-0.3, -0.25) is 9.88 Å². The number of nitriles is 1. The van der Waals surface area contributed by atoms with Crippen LogP contribution in [0.5, 0.6) is 0 Å². The van der Waals surface area contributed by atoms with E-state index in [0.29, 0.717) is 29.1 Å². The third-order valence-electron chi connectivity index (χ3n) is 7.10. The number of sulfone groups is 1. The zero-order valence-corrected chi connectivity index (χ0v) is 19.1. The first-order valence-electron chi connectivity index (χ1n) is 11.0. The number of anilines is 1. The molecule has 0 bridgehead atoms. The molecule has 1 amide bonds. The molecule has 2 saturated heterocycles. The van der Waals surface area contributed by atoms with Crippen LogP contribution >= 0.6 is 0 Å². The van der Waals surface area contributed by atoms with E-state index in [1.54, 1.807) is 35.1 Å². The van der Waals surface area contributed by atoms with Crippen LogP contribution in [-0.4, -0.2) is 58.6 Å². The van der Waals surface area contributed by atoms with E-state index in [0.717, 1.165) is 0 Å². The van der Waals surface area contributed by atoms with Crippen LogP contribution < -0.4 is 4.90 Å². The molecule has 3 aromatic rings. The van der Waals surface area contributed by atoms with E-state index in [4.69, 9.17) is 4.74 Å². The van der Waals surface area contributed by atoms with Gasteiger partial charge < -0.3 is 4.74 Å². The first-order chi connectivity index (χ1) is 16.8. The molecule has 1 aliphatic carbocycles. The lowest BCUT2D eigenvalue weighted by molar-refractivity contribution is 0.129. The van der Waals surface area contributed by atoms with Crippen molar-refractivity contribution in [1.82, 2.24) is 20.0 Å². The number of aromatic nitrogens is 4. The summed E-state index contributed by atoms with van der Waals surface area (Å²) in [6.45, 7) is 0.598. The van der Waals surface area contributed by atoms with Crippen LogP contribution in [0.15, 0.2) is 48.9 Å². The lowest BCUT2D eigenvalue weighted by atomic mass is 9.97. The lowest BCUT2D eigenvalue weighted by Crippen LogP contribution is -2.26. The van der Waals surface area contributed by atoms with Crippen molar-refractivity contribution in [2.45, 2.75) is 18.1 Å². The summed E-state index contributed by atoms with van der Waals surface area (Å²) in [5.41, 5.74) is 0.813. The van der Waals surface area contributed by atoms with Gasteiger partial charge in [0.25, 0.3) is 0 Å². The summed E-state index contributed by atoms with van der Waals surface area (Å²) in [4.78, 5) is 18.1. The zero-order chi connectivity index (χ0) is 24.4. The molecule has 4 heterocycles. The largest absolute Gasteiger partial charge is 0.442 e. The lowest BCUT2D eigenvalue weighted by Gasteiger charge is -2.15. The third-order valence-corrected chi connectivity index (χ3v) is 8.83. The third kappa shape index (κ3) is 3.46. The van der Waals surface area contributed by atoms with E-state index in [9.17, 15) is 18.5 Å². The summed E-state index contributed by atoms with van der Waals surface area (Å²) in [5.74, 6) is -0.998. The fourth-order valence-electron chi connectivity index (χ4n) is 5.32. The van der Waals surface area contributed by atoms with Crippen molar-refractivity contribution in [1.29, 1.82) is 5.26 Å². The van der Waals surface area contributed by atoms with Crippen LogP contribution in [-0.2, 0) is 26.5 Å². The van der Waals surface area contributed by atoms with Crippen molar-refractivity contribution >= 4 is 21.6 Å². The number of cyclic esters (lactones) is 1. The van der Waals surface area contributed by atoms with Crippen LogP contribution in [0, 0.1) is 29.0 Å². The second kappa shape index (κ2) is 7.58. The number of benzene rings is 1. The number of pyridine rings is 1. The van der Waals surface area contributed by atoms with Crippen LogP contribution in [0.3, 0.4) is 0 Å². The topological polar surface area (TPSA) is 131 Å². The van der Waals surface area contributed by atoms with Gasteiger partial charge in [-0.05, 0) is 24.3 Å². The van der Waals surface area contributed by atoms with Crippen molar-refractivity contribution in [3.05, 3.63) is 60.4 Å². The van der Waals surface area contributed by atoms with Gasteiger partial charge in [-0.15, -0.1) is 5.10 Å². The van der Waals surface area contributed by atoms with Crippen molar-refractivity contribution in [3.8, 4) is 17.2 Å². The highest BCUT2D eigenvalue weighted by molar-refractivity contribution is 7.91. The summed E-state index contributed by atoms with van der Waals surface area (Å²) in [6, 6.07) is 10.1. The molecule has 35 heavy (non-hydrogen) atoms. The van der Waals surface area contributed by atoms with E-state index in [1.165, 1.54) is 23.4 Å². The molecule has 178 valence electrons. The Bertz CT molecular complexity index is 1450. The SMILES string of the molecule is N#CC1(c2ccc(-c3ccc(N4C[C@H](Cn5ccnn5)OC4=O)cc3F)cn2)[C@@H]2CS(=O)(=O)C[C@@H]21. The maximum atomic E-state index is 15.1. The van der Waals surface area contributed by atoms with Gasteiger partial charge in [-0.1, -0.05) is 11.3 Å². The Labute approximate surface area is 199 Å². The van der Waals surface area contributed by atoms with E-state index in [2.05, 4.69) is 21.4 Å².